The van der Waals surface area contributed by atoms with Crippen molar-refractivity contribution in [2.24, 2.45) is 5.92 Å². The summed E-state index contributed by atoms with van der Waals surface area (Å²) >= 11 is 11.8. The van der Waals surface area contributed by atoms with Crippen LogP contribution in [0.5, 0.6) is 0 Å². The fraction of sp³-hybridized carbons (Fsp3) is 0.353. The van der Waals surface area contributed by atoms with Gasteiger partial charge in [0.05, 0.1) is 10.7 Å². The molecule has 140 valence electrons. The van der Waals surface area contributed by atoms with Crippen LogP contribution in [0.25, 0.3) is 0 Å². The smallest absolute Gasteiger partial charge is 0.343 e. The molecule has 0 aliphatic heterocycles. The number of halogens is 3. The van der Waals surface area contributed by atoms with Gasteiger partial charge in [-0.2, -0.15) is 5.10 Å². The lowest BCUT2D eigenvalue weighted by molar-refractivity contribution is -0.119. The molecule has 9 heteroatoms. The number of hydrogen-bond donors (Lipinski definition) is 1. The Morgan fingerprint density at radius 2 is 2.04 bits per heavy atom. The van der Waals surface area contributed by atoms with E-state index in [4.69, 9.17) is 27.9 Å². The van der Waals surface area contributed by atoms with Crippen LogP contribution in [0.15, 0.2) is 18.2 Å². The summed E-state index contributed by atoms with van der Waals surface area (Å²) in [5.74, 6) is -1.64. The maximum Gasteiger partial charge on any atom is 0.343 e. The summed E-state index contributed by atoms with van der Waals surface area (Å²) in [6, 6.07) is 3.72. The van der Waals surface area contributed by atoms with Gasteiger partial charge in [-0.25, -0.2) is 9.18 Å². The van der Waals surface area contributed by atoms with Gasteiger partial charge in [0.25, 0.3) is 5.91 Å². The molecule has 1 heterocycles. The molecule has 0 saturated heterocycles. The van der Waals surface area contributed by atoms with Crippen LogP contribution in [0, 0.1) is 18.7 Å². The van der Waals surface area contributed by atoms with Crippen molar-refractivity contribution in [3.63, 3.8) is 0 Å². The van der Waals surface area contributed by atoms with Gasteiger partial charge in [0.2, 0.25) is 0 Å². The second-order valence-electron chi connectivity index (χ2n) is 6.08. The average molecular weight is 402 g/mol. The van der Waals surface area contributed by atoms with Crippen molar-refractivity contribution in [2.45, 2.75) is 27.3 Å². The number of aromatic nitrogens is 2. The van der Waals surface area contributed by atoms with E-state index in [1.807, 2.05) is 13.8 Å². The van der Waals surface area contributed by atoms with Gasteiger partial charge in [0, 0.05) is 12.2 Å². The molecule has 0 atom stereocenters. The first-order valence-electron chi connectivity index (χ1n) is 7.84. The molecule has 0 radical (unpaired) electrons. The molecule has 0 saturated carbocycles. The minimum absolute atomic E-state index is 0.125. The molecule has 6 nitrogen and oxygen atoms in total. The van der Waals surface area contributed by atoms with Crippen LogP contribution in [-0.2, 0) is 16.1 Å². The molecule has 1 N–H and O–H groups in total. The Balaban J connectivity index is 1.98. The van der Waals surface area contributed by atoms with Crippen LogP contribution >= 0.6 is 23.2 Å². The number of anilines is 1. The SMILES string of the molecule is Cc1nn(CC(C)C)c(Cl)c1C(=O)OCC(=O)Nc1ccc(F)c(Cl)c1. The Bertz CT molecular complexity index is 837. The van der Waals surface area contributed by atoms with Crippen LogP contribution in [0.1, 0.15) is 29.9 Å². The third-order valence-corrected chi connectivity index (χ3v) is 4.02. The molecule has 26 heavy (non-hydrogen) atoms. The Morgan fingerprint density at radius 1 is 1.35 bits per heavy atom. The molecule has 0 fully saturated rings. The van der Waals surface area contributed by atoms with Gasteiger partial charge >= 0.3 is 5.97 Å². The van der Waals surface area contributed by atoms with Gasteiger partial charge in [0.1, 0.15) is 16.5 Å². The highest BCUT2D eigenvalue weighted by molar-refractivity contribution is 6.32. The monoisotopic (exact) mass is 401 g/mol. The van der Waals surface area contributed by atoms with Gasteiger partial charge in [-0.1, -0.05) is 37.0 Å². The minimum Gasteiger partial charge on any atom is -0.452 e. The number of amides is 1. The molecular weight excluding hydrogens is 384 g/mol. The van der Waals surface area contributed by atoms with Crippen molar-refractivity contribution in [3.05, 3.63) is 45.4 Å². The summed E-state index contributed by atoms with van der Waals surface area (Å²) in [6.07, 6.45) is 0. The molecule has 0 spiro atoms. The number of carbonyl (C=O) groups is 2. The summed E-state index contributed by atoms with van der Waals surface area (Å²) in [5.41, 5.74) is 0.840. The predicted octanol–water partition coefficient (Wildman–Crippen LogP) is 4.09. The first kappa shape index (κ1) is 20.2. The Hall–Kier alpha value is -2.12. The number of esters is 1. The fourth-order valence-electron chi connectivity index (χ4n) is 2.23. The minimum atomic E-state index is -0.741. The molecule has 0 aliphatic rings. The van der Waals surface area contributed by atoms with E-state index in [2.05, 4.69) is 10.4 Å². The maximum atomic E-state index is 13.1. The van der Waals surface area contributed by atoms with Gasteiger partial charge in [-0.05, 0) is 31.0 Å². The number of nitrogens with zero attached hydrogens (tertiary/aromatic N) is 2. The molecule has 0 aliphatic carbocycles. The lowest BCUT2D eigenvalue weighted by atomic mass is 10.2. The van der Waals surface area contributed by atoms with Crippen LogP contribution in [-0.4, -0.2) is 28.3 Å². The molecule has 1 amide bonds. The summed E-state index contributed by atoms with van der Waals surface area (Å²) in [6.45, 7) is 5.66. The first-order chi connectivity index (χ1) is 12.2. The molecule has 2 rings (SSSR count). The number of rotatable bonds is 6. The second-order valence-corrected chi connectivity index (χ2v) is 6.85. The zero-order chi connectivity index (χ0) is 19.4. The van der Waals surface area contributed by atoms with Crippen molar-refractivity contribution in [3.8, 4) is 0 Å². The fourth-order valence-corrected chi connectivity index (χ4v) is 2.73. The Labute approximate surface area is 160 Å². The topological polar surface area (TPSA) is 73.2 Å². The van der Waals surface area contributed by atoms with Crippen molar-refractivity contribution < 1.29 is 18.7 Å². The summed E-state index contributed by atoms with van der Waals surface area (Å²) < 4.78 is 19.6. The third-order valence-electron chi connectivity index (χ3n) is 3.35. The number of carbonyl (C=O) groups excluding carboxylic acids is 2. The molecule has 0 bridgehead atoms. The highest BCUT2D eigenvalue weighted by atomic mass is 35.5. The number of ether oxygens (including phenoxy) is 1. The summed E-state index contributed by atoms with van der Waals surface area (Å²) in [4.78, 5) is 24.1. The summed E-state index contributed by atoms with van der Waals surface area (Å²) in [5, 5.41) is 6.72. The lowest BCUT2D eigenvalue weighted by Crippen LogP contribution is -2.21. The standard InChI is InChI=1S/C17H18Cl2FN3O3/c1-9(2)7-23-16(19)15(10(3)22-23)17(25)26-8-14(24)21-11-4-5-13(20)12(18)6-11/h4-6,9H,7-8H2,1-3H3,(H,21,24). The highest BCUT2D eigenvalue weighted by Crippen LogP contribution is 2.22. The van der Waals surface area contributed by atoms with Crippen molar-refractivity contribution in [2.75, 3.05) is 11.9 Å². The van der Waals surface area contributed by atoms with Gasteiger partial charge < -0.3 is 10.1 Å². The Kier molecular flexibility index (Phi) is 6.61. The van der Waals surface area contributed by atoms with E-state index >= 15 is 0 Å². The van der Waals surface area contributed by atoms with E-state index in [9.17, 15) is 14.0 Å². The largest absolute Gasteiger partial charge is 0.452 e. The third kappa shape index (κ3) is 4.95. The molecule has 1 aromatic heterocycles. The highest BCUT2D eigenvalue weighted by Gasteiger charge is 2.22. The zero-order valence-corrected chi connectivity index (χ0v) is 16.0. The van der Waals surface area contributed by atoms with Crippen LogP contribution in [0.3, 0.4) is 0 Å². The van der Waals surface area contributed by atoms with Gasteiger partial charge in [-0.3, -0.25) is 9.48 Å². The van der Waals surface area contributed by atoms with Crippen molar-refractivity contribution >= 4 is 40.8 Å². The van der Waals surface area contributed by atoms with E-state index in [1.165, 1.54) is 16.8 Å². The van der Waals surface area contributed by atoms with Crippen LogP contribution < -0.4 is 5.32 Å². The van der Waals surface area contributed by atoms with Crippen molar-refractivity contribution in [1.29, 1.82) is 0 Å². The molecule has 0 unspecified atom stereocenters. The molecule has 1 aromatic carbocycles. The quantitative estimate of drug-likeness (QED) is 0.739. The van der Waals surface area contributed by atoms with E-state index < -0.39 is 24.3 Å². The van der Waals surface area contributed by atoms with Gasteiger partial charge in [-0.15, -0.1) is 0 Å². The number of aryl methyl sites for hydroxylation is 1. The Morgan fingerprint density at radius 3 is 2.65 bits per heavy atom. The average Bonchev–Trinajstić information content (AvgIpc) is 2.82. The lowest BCUT2D eigenvalue weighted by Gasteiger charge is -2.08. The maximum absolute atomic E-state index is 13.1. The zero-order valence-electron chi connectivity index (χ0n) is 14.5. The van der Waals surface area contributed by atoms with Gasteiger partial charge in [0.15, 0.2) is 6.61 Å². The normalized spacial score (nSPS) is 10.9. The number of benzene rings is 1. The second kappa shape index (κ2) is 8.51. The number of hydrogen-bond acceptors (Lipinski definition) is 4. The van der Waals surface area contributed by atoms with E-state index in [0.29, 0.717) is 18.2 Å². The van der Waals surface area contributed by atoms with Crippen LogP contribution in [0.2, 0.25) is 10.2 Å². The molecular formula is C17H18Cl2FN3O3. The predicted molar refractivity (Wildman–Crippen MR) is 97.1 cm³/mol. The van der Waals surface area contributed by atoms with Crippen LogP contribution in [0.4, 0.5) is 10.1 Å². The summed E-state index contributed by atoms with van der Waals surface area (Å²) in [7, 11) is 0. The van der Waals surface area contributed by atoms with E-state index in [1.54, 1.807) is 6.92 Å². The van der Waals surface area contributed by atoms with E-state index in [0.717, 1.165) is 6.07 Å². The first-order valence-corrected chi connectivity index (χ1v) is 8.59. The molecule has 2 aromatic rings. The van der Waals surface area contributed by atoms with Crippen molar-refractivity contribution in [1.82, 2.24) is 9.78 Å². The van der Waals surface area contributed by atoms with E-state index in [-0.39, 0.29) is 21.4 Å². The number of nitrogens with one attached hydrogen (secondary N) is 1.